The summed E-state index contributed by atoms with van der Waals surface area (Å²) in [6, 6.07) is 24.3. The van der Waals surface area contributed by atoms with Gasteiger partial charge in [0.1, 0.15) is 5.82 Å². The summed E-state index contributed by atoms with van der Waals surface area (Å²) in [5, 5.41) is 3.94. The molecular weight excluding hydrogens is 483 g/mol. The Morgan fingerprint density at radius 2 is 1.70 bits per heavy atom. The van der Waals surface area contributed by atoms with Crippen molar-refractivity contribution in [3.63, 3.8) is 0 Å². The molecule has 0 saturated heterocycles. The molecule has 1 aliphatic heterocycles. The van der Waals surface area contributed by atoms with Gasteiger partial charge in [0.15, 0.2) is 5.17 Å². The quantitative estimate of drug-likeness (QED) is 0.293. The summed E-state index contributed by atoms with van der Waals surface area (Å²) in [5.41, 5.74) is 3.85. The number of hydrogen-bond donors (Lipinski definition) is 1. The summed E-state index contributed by atoms with van der Waals surface area (Å²) in [7, 11) is 4.22. The highest BCUT2D eigenvalue weighted by molar-refractivity contribution is 8.14. The van der Waals surface area contributed by atoms with Gasteiger partial charge in [-0.15, -0.1) is 0 Å². The second-order valence-corrected chi connectivity index (χ2v) is 10.6. The maximum absolute atomic E-state index is 13.2. The molecule has 5 nitrogen and oxygen atoms in total. The summed E-state index contributed by atoms with van der Waals surface area (Å²) in [4.78, 5) is 22.6. The molecule has 0 radical (unpaired) electrons. The lowest BCUT2D eigenvalue weighted by Crippen LogP contribution is -2.39. The molecule has 1 N–H and O–H groups in total. The van der Waals surface area contributed by atoms with E-state index in [0.717, 1.165) is 46.4 Å². The van der Waals surface area contributed by atoms with E-state index in [4.69, 9.17) is 4.99 Å². The number of unbranched alkanes of at least 4 members (excludes halogenated alkanes) is 2. The van der Waals surface area contributed by atoms with Crippen molar-refractivity contribution in [3.05, 3.63) is 95.8 Å². The van der Waals surface area contributed by atoms with Crippen LogP contribution in [-0.2, 0) is 11.3 Å². The van der Waals surface area contributed by atoms with E-state index in [1.165, 1.54) is 25.0 Å². The fourth-order valence-corrected chi connectivity index (χ4v) is 5.47. The topological polar surface area (TPSA) is 47.9 Å². The summed E-state index contributed by atoms with van der Waals surface area (Å²) >= 11 is 1.76. The molecule has 0 fully saturated rings. The van der Waals surface area contributed by atoms with Gasteiger partial charge in [0.2, 0.25) is 5.91 Å². The van der Waals surface area contributed by atoms with Crippen LogP contribution >= 0.6 is 11.8 Å². The van der Waals surface area contributed by atoms with Crippen LogP contribution in [0.2, 0.25) is 0 Å². The number of fused-ring (bicyclic) bond motifs is 1. The molecular formula is C30H35FN4OS. The van der Waals surface area contributed by atoms with Crippen LogP contribution in [0.1, 0.15) is 42.9 Å². The first-order valence-corrected chi connectivity index (χ1v) is 13.8. The lowest BCUT2D eigenvalue weighted by Gasteiger charge is -2.37. The highest BCUT2D eigenvalue weighted by atomic mass is 32.2. The van der Waals surface area contributed by atoms with Crippen molar-refractivity contribution in [2.24, 2.45) is 4.99 Å². The number of carbonyl (C=O) groups excluding carboxylic acids is 1. The summed E-state index contributed by atoms with van der Waals surface area (Å²) in [6.07, 6.45) is 3.76. The molecule has 1 heterocycles. The second-order valence-electron chi connectivity index (χ2n) is 9.49. The van der Waals surface area contributed by atoms with Crippen molar-refractivity contribution in [1.82, 2.24) is 10.2 Å². The molecule has 3 aromatic rings. The molecule has 3 aromatic carbocycles. The molecule has 4 rings (SSSR count). The second kappa shape index (κ2) is 13.4. The van der Waals surface area contributed by atoms with Crippen LogP contribution in [0.15, 0.2) is 83.9 Å². The maximum atomic E-state index is 13.2. The first kappa shape index (κ1) is 26.9. The molecule has 0 aliphatic carbocycles. The molecule has 0 aromatic heterocycles. The van der Waals surface area contributed by atoms with Crippen LogP contribution in [0.5, 0.6) is 0 Å². The van der Waals surface area contributed by atoms with Gasteiger partial charge in [-0.3, -0.25) is 4.79 Å². The number of para-hydroxylation sites is 2. The van der Waals surface area contributed by atoms with E-state index in [0.29, 0.717) is 6.54 Å². The molecule has 194 valence electrons. The van der Waals surface area contributed by atoms with E-state index in [-0.39, 0.29) is 24.2 Å². The molecule has 0 bridgehead atoms. The Morgan fingerprint density at radius 1 is 0.973 bits per heavy atom. The fraction of sp³-hybridized carbons (Fsp3) is 0.333. The Morgan fingerprint density at radius 3 is 2.46 bits per heavy atom. The van der Waals surface area contributed by atoms with Gasteiger partial charge in [-0.05, 0) is 69.4 Å². The number of aliphatic imine (C=N–C) groups is 1. The largest absolute Gasteiger partial charge is 0.352 e. The SMILES string of the molecule is CN(C)CCCCCSC1=Nc2ccccc2C(CC(=O)NCc2ccc(F)cc2)N1c1ccccc1. The Balaban J connectivity index is 1.52. The van der Waals surface area contributed by atoms with Crippen molar-refractivity contribution < 1.29 is 9.18 Å². The normalized spacial score (nSPS) is 14.9. The van der Waals surface area contributed by atoms with Gasteiger partial charge in [-0.2, -0.15) is 0 Å². The van der Waals surface area contributed by atoms with Crippen molar-refractivity contribution >= 4 is 34.2 Å². The van der Waals surface area contributed by atoms with Crippen molar-refractivity contribution in [2.75, 3.05) is 31.3 Å². The predicted octanol–water partition coefficient (Wildman–Crippen LogP) is 6.55. The zero-order valence-electron chi connectivity index (χ0n) is 21.6. The zero-order chi connectivity index (χ0) is 26.0. The monoisotopic (exact) mass is 518 g/mol. The van der Waals surface area contributed by atoms with Gasteiger partial charge in [0.25, 0.3) is 0 Å². The number of nitrogens with zero attached hydrogens (tertiary/aromatic N) is 3. The highest BCUT2D eigenvalue weighted by Gasteiger charge is 2.32. The van der Waals surface area contributed by atoms with E-state index >= 15 is 0 Å². The molecule has 37 heavy (non-hydrogen) atoms. The standard InChI is InChI=1S/C30H35FN4OS/c1-34(2)19-9-4-10-20-37-30-33-27-14-8-7-13-26(27)28(35(30)25-11-5-3-6-12-25)21-29(36)32-22-23-15-17-24(31)18-16-23/h3,5-8,11-18,28H,4,9-10,19-22H2,1-2H3,(H,32,36). The Hall–Kier alpha value is -3.16. The van der Waals surface area contributed by atoms with E-state index < -0.39 is 0 Å². The van der Waals surface area contributed by atoms with Crippen molar-refractivity contribution in [3.8, 4) is 0 Å². The van der Waals surface area contributed by atoms with Gasteiger partial charge in [-0.1, -0.05) is 66.7 Å². The third kappa shape index (κ3) is 7.66. The van der Waals surface area contributed by atoms with Gasteiger partial charge in [-0.25, -0.2) is 9.38 Å². The summed E-state index contributed by atoms with van der Waals surface area (Å²) in [6.45, 7) is 1.46. The fourth-order valence-electron chi connectivity index (χ4n) is 4.40. The van der Waals surface area contributed by atoms with E-state index in [1.807, 2.05) is 36.4 Å². The van der Waals surface area contributed by atoms with Gasteiger partial charge in [0, 0.05) is 23.5 Å². The van der Waals surface area contributed by atoms with Gasteiger partial charge < -0.3 is 15.1 Å². The van der Waals surface area contributed by atoms with E-state index in [9.17, 15) is 9.18 Å². The predicted molar refractivity (Wildman–Crippen MR) is 153 cm³/mol. The molecule has 1 atom stereocenters. The summed E-state index contributed by atoms with van der Waals surface area (Å²) < 4.78 is 13.2. The first-order chi connectivity index (χ1) is 18.0. The number of rotatable bonds is 11. The smallest absolute Gasteiger partial charge is 0.222 e. The zero-order valence-corrected chi connectivity index (χ0v) is 22.4. The van der Waals surface area contributed by atoms with Crippen LogP contribution in [0.3, 0.4) is 0 Å². The minimum absolute atomic E-state index is 0.0556. The van der Waals surface area contributed by atoms with Crippen LogP contribution in [0, 0.1) is 5.82 Å². The number of anilines is 1. The van der Waals surface area contributed by atoms with Gasteiger partial charge >= 0.3 is 0 Å². The number of amidine groups is 1. The minimum Gasteiger partial charge on any atom is -0.352 e. The molecule has 7 heteroatoms. The first-order valence-electron chi connectivity index (χ1n) is 12.8. The number of benzene rings is 3. The average Bonchev–Trinajstić information content (AvgIpc) is 2.90. The molecule has 1 aliphatic rings. The van der Waals surface area contributed by atoms with Crippen LogP contribution < -0.4 is 10.2 Å². The molecule has 1 unspecified atom stereocenters. The van der Waals surface area contributed by atoms with E-state index in [1.54, 1.807) is 23.9 Å². The highest BCUT2D eigenvalue weighted by Crippen LogP contribution is 2.41. The minimum atomic E-state index is -0.283. The van der Waals surface area contributed by atoms with Crippen molar-refractivity contribution in [1.29, 1.82) is 0 Å². The molecule has 0 saturated carbocycles. The van der Waals surface area contributed by atoms with E-state index in [2.05, 4.69) is 47.4 Å². The summed E-state index contributed by atoms with van der Waals surface area (Å²) in [5.74, 6) is 0.635. The van der Waals surface area contributed by atoms with Crippen LogP contribution in [0.4, 0.5) is 15.8 Å². The van der Waals surface area contributed by atoms with Crippen LogP contribution in [-0.4, -0.2) is 42.4 Å². The number of thioether (sulfide) groups is 1. The van der Waals surface area contributed by atoms with Crippen molar-refractivity contribution in [2.45, 2.75) is 38.3 Å². The lowest BCUT2D eigenvalue weighted by molar-refractivity contribution is -0.121. The maximum Gasteiger partial charge on any atom is 0.222 e. The number of nitrogens with one attached hydrogen (secondary N) is 1. The lowest BCUT2D eigenvalue weighted by atomic mass is 9.98. The number of hydrogen-bond acceptors (Lipinski definition) is 5. The Kier molecular flexibility index (Phi) is 9.74. The third-order valence-corrected chi connectivity index (χ3v) is 7.37. The Labute approximate surface area is 223 Å². The molecule has 1 amide bonds. The third-order valence-electron chi connectivity index (χ3n) is 6.33. The number of halogens is 1. The van der Waals surface area contributed by atoms with Crippen LogP contribution in [0.25, 0.3) is 0 Å². The molecule has 0 spiro atoms. The number of carbonyl (C=O) groups is 1. The Bertz CT molecular complexity index is 1180. The van der Waals surface area contributed by atoms with Gasteiger partial charge in [0.05, 0.1) is 18.2 Å². The number of amides is 1. The average molecular weight is 519 g/mol.